The smallest absolute Gasteiger partial charge is 0.249 e. The molecule has 3 aliphatic heterocycles. The van der Waals surface area contributed by atoms with Gasteiger partial charge in [-0.1, -0.05) is 63.3 Å². The zero-order chi connectivity index (χ0) is 32.3. The molecule has 3 amide bonds. The van der Waals surface area contributed by atoms with E-state index in [0.29, 0.717) is 51.9 Å². The Bertz CT molecular complexity index is 1210. The molecule has 1 spiro atoms. The molecule has 2 bridgehead atoms. The van der Waals surface area contributed by atoms with Gasteiger partial charge < -0.3 is 24.5 Å². The summed E-state index contributed by atoms with van der Waals surface area (Å²) in [5, 5.41) is 9.36. The van der Waals surface area contributed by atoms with E-state index in [1.54, 1.807) is 22.0 Å². The van der Waals surface area contributed by atoms with Crippen molar-refractivity contribution in [2.24, 2.45) is 17.3 Å². The Labute approximate surface area is 264 Å². The molecule has 44 heavy (non-hydrogen) atoms. The molecule has 1 aromatic carbocycles. The van der Waals surface area contributed by atoms with Gasteiger partial charge in [0.25, 0.3) is 0 Å². The van der Waals surface area contributed by atoms with E-state index in [4.69, 9.17) is 4.74 Å². The zero-order valence-corrected chi connectivity index (χ0v) is 27.5. The number of fused-ring (bicyclic) bond motifs is 1. The second kappa shape index (κ2) is 13.6. The molecular formula is C36H53N3O5. The summed E-state index contributed by atoms with van der Waals surface area (Å²) < 4.78 is 6.75. The van der Waals surface area contributed by atoms with Crippen molar-refractivity contribution in [2.75, 3.05) is 26.2 Å². The number of aliphatic hydroxyl groups excluding tert-OH is 1. The first kappa shape index (κ1) is 33.9. The number of hydrogen-bond donors (Lipinski definition) is 1. The molecule has 0 aliphatic carbocycles. The minimum Gasteiger partial charge on any atom is -0.396 e. The molecule has 5 atom stereocenters. The van der Waals surface area contributed by atoms with Crippen LogP contribution in [-0.2, 0) is 25.7 Å². The van der Waals surface area contributed by atoms with Crippen LogP contribution in [0.2, 0.25) is 0 Å². The maximum absolute atomic E-state index is 14.8. The highest BCUT2D eigenvalue weighted by Crippen LogP contribution is 2.59. The maximum Gasteiger partial charge on any atom is 0.249 e. The number of ether oxygens (including phenoxy) is 1. The third-order valence-corrected chi connectivity index (χ3v) is 9.53. The molecule has 3 saturated heterocycles. The second-order valence-electron chi connectivity index (χ2n) is 14.7. The number of likely N-dealkylation sites (tertiary alicyclic amines) is 1. The van der Waals surface area contributed by atoms with Gasteiger partial charge in [-0.3, -0.25) is 14.4 Å². The number of rotatable bonds is 15. The van der Waals surface area contributed by atoms with Crippen molar-refractivity contribution in [3.05, 3.63) is 61.2 Å². The number of amides is 3. The standard InChI is InChI=1S/C36H53N3O5/c1-8-20-37(24-26-16-12-10-13-17-26)31(41)28-27-18-19-36(44-27)29(28)32(42)38(22-14-11-15-23-40)30(36)33(43)39(21-9-2)35(6,7)25-34(3,4)5/h8-10,12-13,16-17,27-30,40H,1-2,11,14-15,18-25H2,3-7H3/t27-,28+,29-,30?,36?/m0/s1. The summed E-state index contributed by atoms with van der Waals surface area (Å²) in [4.78, 5) is 49.0. The van der Waals surface area contributed by atoms with Gasteiger partial charge in [0.2, 0.25) is 17.7 Å². The van der Waals surface area contributed by atoms with Crippen LogP contribution in [0.1, 0.15) is 78.7 Å². The number of benzene rings is 1. The Balaban J connectivity index is 1.72. The fraction of sp³-hybridized carbons (Fsp3) is 0.639. The van der Waals surface area contributed by atoms with Gasteiger partial charge >= 0.3 is 0 Å². The molecule has 1 aromatic rings. The minimum atomic E-state index is -1.06. The van der Waals surface area contributed by atoms with Gasteiger partial charge in [0, 0.05) is 38.3 Å². The fourth-order valence-corrected chi connectivity index (χ4v) is 8.23. The van der Waals surface area contributed by atoms with Crippen molar-refractivity contribution in [1.29, 1.82) is 0 Å². The van der Waals surface area contributed by atoms with Gasteiger partial charge in [-0.25, -0.2) is 0 Å². The lowest BCUT2D eigenvalue weighted by Crippen LogP contribution is -2.61. The van der Waals surface area contributed by atoms with Gasteiger partial charge in [0.1, 0.15) is 11.6 Å². The van der Waals surface area contributed by atoms with Gasteiger partial charge in [-0.2, -0.15) is 0 Å². The molecule has 3 aliphatic rings. The lowest BCUT2D eigenvalue weighted by atomic mass is 9.70. The van der Waals surface area contributed by atoms with Crippen LogP contribution in [0.25, 0.3) is 0 Å². The van der Waals surface area contributed by atoms with E-state index in [1.165, 1.54) is 0 Å². The summed E-state index contributed by atoms with van der Waals surface area (Å²) in [6, 6.07) is 8.99. The molecule has 0 saturated carbocycles. The Morgan fingerprint density at radius 1 is 1.05 bits per heavy atom. The highest BCUT2D eigenvalue weighted by atomic mass is 16.5. The largest absolute Gasteiger partial charge is 0.396 e. The van der Waals surface area contributed by atoms with Crippen LogP contribution in [0.15, 0.2) is 55.6 Å². The van der Waals surface area contributed by atoms with Crippen molar-refractivity contribution < 1.29 is 24.2 Å². The lowest BCUT2D eigenvalue weighted by Gasteiger charge is -2.45. The Hall–Kier alpha value is -2.97. The van der Waals surface area contributed by atoms with Crippen molar-refractivity contribution >= 4 is 17.7 Å². The van der Waals surface area contributed by atoms with E-state index in [1.807, 2.05) is 35.2 Å². The van der Waals surface area contributed by atoms with E-state index in [9.17, 15) is 19.5 Å². The number of aliphatic hydroxyl groups is 1. The van der Waals surface area contributed by atoms with E-state index >= 15 is 0 Å². The maximum atomic E-state index is 14.8. The monoisotopic (exact) mass is 607 g/mol. The molecule has 2 unspecified atom stereocenters. The summed E-state index contributed by atoms with van der Waals surface area (Å²) in [6.07, 6.45) is 7.01. The molecule has 0 radical (unpaired) electrons. The van der Waals surface area contributed by atoms with Crippen molar-refractivity contribution in [1.82, 2.24) is 14.7 Å². The molecule has 0 aromatic heterocycles. The van der Waals surface area contributed by atoms with E-state index in [0.717, 1.165) is 18.4 Å². The molecule has 1 N–H and O–H groups in total. The number of carbonyl (C=O) groups excluding carboxylic acids is 3. The van der Waals surface area contributed by atoms with Crippen LogP contribution < -0.4 is 0 Å². The average Bonchev–Trinajstić information content (AvgIpc) is 3.59. The van der Waals surface area contributed by atoms with Gasteiger partial charge in [-0.15, -0.1) is 13.2 Å². The van der Waals surface area contributed by atoms with E-state index < -0.39 is 35.1 Å². The summed E-state index contributed by atoms with van der Waals surface area (Å²) in [6.45, 7) is 20.0. The van der Waals surface area contributed by atoms with Crippen molar-refractivity contribution in [2.45, 2.75) is 103 Å². The number of hydrogen-bond acceptors (Lipinski definition) is 5. The Kier molecular flexibility index (Phi) is 10.5. The molecule has 3 heterocycles. The highest BCUT2D eigenvalue weighted by Gasteiger charge is 2.75. The average molecular weight is 608 g/mol. The summed E-state index contributed by atoms with van der Waals surface area (Å²) in [5.41, 5.74) is -0.599. The SMILES string of the molecule is C=CCN(Cc1ccccc1)C(=O)[C@@H]1[C@@H]2CCC3(O2)C(C(=O)N(CC=C)C(C)(C)CC(C)(C)C)N(CCCCCO)C(=O)[C@H]13. The fourth-order valence-electron chi connectivity index (χ4n) is 8.23. The molecule has 3 fully saturated rings. The second-order valence-corrected chi connectivity index (χ2v) is 14.7. The van der Waals surface area contributed by atoms with Gasteiger partial charge in [0.05, 0.1) is 17.9 Å². The lowest BCUT2D eigenvalue weighted by molar-refractivity contribution is -0.153. The molecular weight excluding hydrogens is 554 g/mol. The molecule has 4 rings (SSSR count). The predicted octanol–water partition coefficient (Wildman–Crippen LogP) is 4.97. The molecule has 8 nitrogen and oxygen atoms in total. The van der Waals surface area contributed by atoms with Crippen LogP contribution in [0.5, 0.6) is 0 Å². The molecule has 8 heteroatoms. The summed E-state index contributed by atoms with van der Waals surface area (Å²) in [5.74, 6) is -1.81. The first-order valence-corrected chi connectivity index (χ1v) is 16.3. The van der Waals surface area contributed by atoms with Crippen LogP contribution in [0, 0.1) is 17.3 Å². The van der Waals surface area contributed by atoms with Crippen LogP contribution in [0.4, 0.5) is 0 Å². The third-order valence-electron chi connectivity index (χ3n) is 9.53. The molecule has 242 valence electrons. The Morgan fingerprint density at radius 3 is 2.34 bits per heavy atom. The quantitative estimate of drug-likeness (QED) is 0.225. The Morgan fingerprint density at radius 2 is 1.73 bits per heavy atom. The normalized spacial score (nSPS) is 26.0. The van der Waals surface area contributed by atoms with Gasteiger partial charge in [0.15, 0.2) is 0 Å². The number of carbonyl (C=O) groups is 3. The summed E-state index contributed by atoms with van der Waals surface area (Å²) in [7, 11) is 0. The van der Waals surface area contributed by atoms with E-state index in [-0.39, 0.29) is 29.7 Å². The number of nitrogens with zero attached hydrogens (tertiary/aromatic N) is 3. The van der Waals surface area contributed by atoms with Gasteiger partial charge in [-0.05, 0) is 63.4 Å². The van der Waals surface area contributed by atoms with E-state index in [2.05, 4.69) is 47.8 Å². The first-order valence-electron chi connectivity index (χ1n) is 16.3. The van der Waals surface area contributed by atoms with Crippen LogP contribution in [-0.4, -0.2) is 87.1 Å². The number of unbranched alkanes of at least 4 members (excludes halogenated alkanes) is 2. The predicted molar refractivity (Wildman–Crippen MR) is 172 cm³/mol. The summed E-state index contributed by atoms with van der Waals surface area (Å²) >= 11 is 0. The van der Waals surface area contributed by atoms with Crippen LogP contribution in [0.3, 0.4) is 0 Å². The first-order chi connectivity index (χ1) is 20.8. The topological polar surface area (TPSA) is 90.4 Å². The minimum absolute atomic E-state index is 0.0350. The third kappa shape index (κ3) is 6.66. The van der Waals surface area contributed by atoms with Crippen LogP contribution >= 0.6 is 0 Å². The highest BCUT2D eigenvalue weighted by molar-refractivity contribution is 5.99. The van der Waals surface area contributed by atoms with Crippen molar-refractivity contribution in [3.63, 3.8) is 0 Å². The zero-order valence-electron chi connectivity index (χ0n) is 27.5. The van der Waals surface area contributed by atoms with Crippen molar-refractivity contribution in [3.8, 4) is 0 Å².